The van der Waals surface area contributed by atoms with Crippen LogP contribution >= 0.6 is 0 Å². The van der Waals surface area contributed by atoms with Crippen molar-refractivity contribution in [2.75, 3.05) is 0 Å². The summed E-state index contributed by atoms with van der Waals surface area (Å²) in [4.78, 5) is 10.6. The zero-order valence-electron chi connectivity index (χ0n) is 7.10. The Morgan fingerprint density at radius 1 is 1.25 bits per heavy atom. The van der Waals surface area contributed by atoms with Crippen LogP contribution in [0.1, 0.15) is 18.4 Å². The van der Waals surface area contributed by atoms with Crippen LogP contribution in [0.2, 0.25) is 0 Å². The van der Waals surface area contributed by atoms with Crippen molar-refractivity contribution in [1.82, 2.24) is 0 Å². The first-order valence-electron chi connectivity index (χ1n) is 4.35. The first-order valence-corrected chi connectivity index (χ1v) is 4.35. The standard InChI is InChI=1S/C11H12O/c1-8-10(7-12)11(8)9-5-3-2-4-6-9/h2-8,10-11H,1H3. The summed E-state index contributed by atoms with van der Waals surface area (Å²) in [6.45, 7) is 2.14. The first-order chi connectivity index (χ1) is 5.84. The van der Waals surface area contributed by atoms with Gasteiger partial charge in [0.25, 0.3) is 0 Å². The molecule has 12 heavy (non-hydrogen) atoms. The quantitative estimate of drug-likeness (QED) is 0.606. The molecule has 1 heteroatoms. The third-order valence-corrected chi connectivity index (χ3v) is 2.79. The van der Waals surface area contributed by atoms with Gasteiger partial charge in [-0.3, -0.25) is 0 Å². The Bertz CT molecular complexity index is 278. The average Bonchev–Trinajstić information content (AvgIpc) is 2.78. The molecule has 1 fully saturated rings. The molecule has 1 aliphatic carbocycles. The Morgan fingerprint density at radius 3 is 2.42 bits per heavy atom. The van der Waals surface area contributed by atoms with E-state index in [1.165, 1.54) is 5.56 Å². The molecule has 3 unspecified atom stereocenters. The number of aldehydes is 1. The second kappa shape index (κ2) is 2.74. The zero-order valence-corrected chi connectivity index (χ0v) is 7.10. The highest BCUT2D eigenvalue weighted by molar-refractivity contribution is 5.62. The Morgan fingerprint density at radius 2 is 1.92 bits per heavy atom. The summed E-state index contributed by atoms with van der Waals surface area (Å²) in [5.41, 5.74) is 1.31. The molecule has 1 aliphatic rings. The van der Waals surface area contributed by atoms with Gasteiger partial charge in [0, 0.05) is 5.92 Å². The molecule has 1 aromatic carbocycles. The lowest BCUT2D eigenvalue weighted by atomic mass is 10.1. The van der Waals surface area contributed by atoms with Gasteiger partial charge in [-0.2, -0.15) is 0 Å². The topological polar surface area (TPSA) is 17.1 Å². The van der Waals surface area contributed by atoms with Gasteiger partial charge in [-0.25, -0.2) is 0 Å². The number of hydrogen-bond acceptors (Lipinski definition) is 1. The molecule has 0 saturated heterocycles. The minimum Gasteiger partial charge on any atom is -0.303 e. The van der Waals surface area contributed by atoms with Crippen LogP contribution in [-0.4, -0.2) is 6.29 Å². The fraction of sp³-hybridized carbons (Fsp3) is 0.364. The predicted molar refractivity (Wildman–Crippen MR) is 47.9 cm³/mol. The zero-order chi connectivity index (χ0) is 8.55. The Balaban J connectivity index is 2.19. The number of benzene rings is 1. The van der Waals surface area contributed by atoms with Crippen molar-refractivity contribution in [3.8, 4) is 0 Å². The maximum atomic E-state index is 10.6. The van der Waals surface area contributed by atoms with Crippen LogP contribution in [0.15, 0.2) is 30.3 Å². The summed E-state index contributed by atoms with van der Waals surface area (Å²) in [6.07, 6.45) is 1.09. The Kier molecular flexibility index (Phi) is 1.72. The molecular formula is C11H12O. The normalized spacial score (nSPS) is 32.9. The van der Waals surface area contributed by atoms with Gasteiger partial charge in [0.05, 0.1) is 0 Å². The number of carbonyl (C=O) groups excluding carboxylic acids is 1. The maximum Gasteiger partial charge on any atom is 0.123 e. The van der Waals surface area contributed by atoms with Gasteiger partial charge in [-0.15, -0.1) is 0 Å². The molecule has 1 nitrogen and oxygen atoms in total. The summed E-state index contributed by atoms with van der Waals surface area (Å²) in [7, 11) is 0. The molecule has 62 valence electrons. The molecular weight excluding hydrogens is 148 g/mol. The summed E-state index contributed by atoms with van der Waals surface area (Å²) in [5, 5.41) is 0. The van der Waals surface area contributed by atoms with Gasteiger partial charge >= 0.3 is 0 Å². The molecule has 0 aliphatic heterocycles. The number of rotatable bonds is 2. The van der Waals surface area contributed by atoms with E-state index in [0.29, 0.717) is 11.8 Å². The summed E-state index contributed by atoms with van der Waals surface area (Å²) < 4.78 is 0. The largest absolute Gasteiger partial charge is 0.303 e. The van der Waals surface area contributed by atoms with Gasteiger partial charge in [0.15, 0.2) is 0 Å². The van der Waals surface area contributed by atoms with E-state index >= 15 is 0 Å². The van der Waals surface area contributed by atoms with Crippen molar-refractivity contribution < 1.29 is 4.79 Å². The van der Waals surface area contributed by atoms with Crippen molar-refractivity contribution >= 4 is 6.29 Å². The van der Waals surface area contributed by atoms with E-state index in [9.17, 15) is 4.79 Å². The molecule has 3 atom stereocenters. The fourth-order valence-corrected chi connectivity index (χ4v) is 1.90. The van der Waals surface area contributed by atoms with Crippen LogP contribution in [0.3, 0.4) is 0 Å². The monoisotopic (exact) mass is 160 g/mol. The molecule has 0 bridgehead atoms. The minimum atomic E-state index is 0.271. The lowest BCUT2D eigenvalue weighted by molar-refractivity contribution is -0.109. The second-order valence-corrected chi connectivity index (χ2v) is 3.51. The van der Waals surface area contributed by atoms with Gasteiger partial charge < -0.3 is 4.79 Å². The van der Waals surface area contributed by atoms with Crippen LogP contribution in [0, 0.1) is 11.8 Å². The SMILES string of the molecule is CC1C(C=O)C1c1ccccc1. The molecule has 1 saturated carbocycles. The van der Waals surface area contributed by atoms with Gasteiger partial charge in [-0.05, 0) is 17.4 Å². The minimum absolute atomic E-state index is 0.271. The smallest absolute Gasteiger partial charge is 0.123 e. The molecule has 0 heterocycles. The average molecular weight is 160 g/mol. The van der Waals surface area contributed by atoms with Crippen molar-refractivity contribution in [3.63, 3.8) is 0 Å². The van der Waals surface area contributed by atoms with E-state index < -0.39 is 0 Å². The van der Waals surface area contributed by atoms with Crippen LogP contribution in [-0.2, 0) is 4.79 Å². The van der Waals surface area contributed by atoms with E-state index in [2.05, 4.69) is 19.1 Å². The van der Waals surface area contributed by atoms with E-state index in [-0.39, 0.29) is 5.92 Å². The summed E-state index contributed by atoms with van der Waals surface area (Å²) >= 11 is 0. The van der Waals surface area contributed by atoms with Gasteiger partial charge in [0.2, 0.25) is 0 Å². The highest BCUT2D eigenvalue weighted by Crippen LogP contribution is 2.52. The van der Waals surface area contributed by atoms with E-state index in [0.717, 1.165) is 6.29 Å². The van der Waals surface area contributed by atoms with Crippen LogP contribution in [0.25, 0.3) is 0 Å². The predicted octanol–water partition coefficient (Wildman–Crippen LogP) is 2.24. The maximum absolute atomic E-state index is 10.6. The molecule has 0 N–H and O–H groups in total. The van der Waals surface area contributed by atoms with E-state index in [4.69, 9.17) is 0 Å². The molecule has 2 rings (SSSR count). The number of carbonyl (C=O) groups is 1. The van der Waals surface area contributed by atoms with Crippen molar-refractivity contribution in [3.05, 3.63) is 35.9 Å². The number of hydrogen-bond donors (Lipinski definition) is 0. The molecule has 0 radical (unpaired) electrons. The van der Waals surface area contributed by atoms with Crippen molar-refractivity contribution in [2.45, 2.75) is 12.8 Å². The van der Waals surface area contributed by atoms with E-state index in [1.807, 2.05) is 18.2 Å². The lowest BCUT2D eigenvalue weighted by Gasteiger charge is -1.95. The molecule has 0 aromatic heterocycles. The summed E-state index contributed by atoms with van der Waals surface area (Å²) in [6, 6.07) is 10.3. The molecule has 0 amide bonds. The second-order valence-electron chi connectivity index (χ2n) is 3.51. The highest BCUT2D eigenvalue weighted by Gasteiger charge is 2.47. The fourth-order valence-electron chi connectivity index (χ4n) is 1.90. The third kappa shape index (κ3) is 1.06. The van der Waals surface area contributed by atoms with Crippen LogP contribution in [0.5, 0.6) is 0 Å². The Labute approximate surface area is 72.4 Å². The highest BCUT2D eigenvalue weighted by atomic mass is 16.1. The molecule has 0 spiro atoms. The van der Waals surface area contributed by atoms with Crippen molar-refractivity contribution in [1.29, 1.82) is 0 Å². The first kappa shape index (κ1) is 7.53. The Hall–Kier alpha value is -1.11. The van der Waals surface area contributed by atoms with Gasteiger partial charge in [-0.1, -0.05) is 37.3 Å². The third-order valence-electron chi connectivity index (χ3n) is 2.79. The van der Waals surface area contributed by atoms with Crippen LogP contribution in [0.4, 0.5) is 0 Å². The molecule has 1 aromatic rings. The van der Waals surface area contributed by atoms with Crippen LogP contribution < -0.4 is 0 Å². The van der Waals surface area contributed by atoms with Gasteiger partial charge in [0.1, 0.15) is 6.29 Å². The summed E-state index contributed by atoms with van der Waals surface area (Å²) in [5.74, 6) is 1.31. The lowest BCUT2D eigenvalue weighted by Crippen LogP contribution is -1.82. The van der Waals surface area contributed by atoms with Crippen molar-refractivity contribution in [2.24, 2.45) is 11.8 Å². The van der Waals surface area contributed by atoms with E-state index in [1.54, 1.807) is 0 Å².